The van der Waals surface area contributed by atoms with E-state index >= 15 is 0 Å². The van der Waals surface area contributed by atoms with Crippen LogP contribution in [0, 0.1) is 0 Å². The molecule has 1 heterocycles. The fraction of sp³-hybridized carbons (Fsp3) is 0.286. The van der Waals surface area contributed by atoms with Gasteiger partial charge in [-0.1, -0.05) is 11.3 Å². The molecule has 0 atom stereocenters. The molecule has 0 aliphatic heterocycles. The van der Waals surface area contributed by atoms with Gasteiger partial charge in [-0.3, -0.25) is 9.69 Å². The number of nitrogens with zero attached hydrogens (tertiary/aromatic N) is 2. The summed E-state index contributed by atoms with van der Waals surface area (Å²) in [6.45, 7) is 1.38. The van der Waals surface area contributed by atoms with Crippen molar-refractivity contribution in [3.05, 3.63) is 9.48 Å². The van der Waals surface area contributed by atoms with Gasteiger partial charge < -0.3 is 5.11 Å². The van der Waals surface area contributed by atoms with E-state index in [1.165, 1.54) is 11.8 Å². The molecule has 0 saturated carbocycles. The quantitative estimate of drug-likeness (QED) is 0.892. The first-order valence-corrected chi connectivity index (χ1v) is 5.18. The van der Waals surface area contributed by atoms with E-state index in [2.05, 4.69) is 20.9 Å². The normalized spacial score (nSPS) is 9.93. The average Bonchev–Trinajstić information content (AvgIpc) is 2.45. The zero-order valence-electron chi connectivity index (χ0n) is 7.44. The van der Waals surface area contributed by atoms with Gasteiger partial charge in [0, 0.05) is 14.0 Å². The number of aromatic carboxylic acids is 1. The standard InChI is InChI=1S/C7H7BrN2O3S/c1-3(11)10(2)7-9-4(6(12)13)5(8)14-7/h1-2H3,(H,12,13). The van der Waals surface area contributed by atoms with Crippen molar-refractivity contribution in [3.63, 3.8) is 0 Å². The number of carboxylic acid groups (broad SMARTS) is 1. The van der Waals surface area contributed by atoms with E-state index in [4.69, 9.17) is 5.11 Å². The minimum absolute atomic E-state index is 0.0712. The summed E-state index contributed by atoms with van der Waals surface area (Å²) in [4.78, 5) is 26.7. The first-order chi connectivity index (χ1) is 6.43. The van der Waals surface area contributed by atoms with Crippen LogP contribution >= 0.6 is 27.3 Å². The largest absolute Gasteiger partial charge is 0.476 e. The Morgan fingerprint density at radius 2 is 2.14 bits per heavy atom. The van der Waals surface area contributed by atoms with Crippen LogP contribution in [0.15, 0.2) is 3.79 Å². The first kappa shape index (κ1) is 11.1. The summed E-state index contributed by atoms with van der Waals surface area (Å²) in [6, 6.07) is 0. The van der Waals surface area contributed by atoms with Gasteiger partial charge >= 0.3 is 5.97 Å². The Balaban J connectivity index is 3.08. The van der Waals surface area contributed by atoms with Gasteiger partial charge in [0.1, 0.15) is 3.79 Å². The average molecular weight is 279 g/mol. The van der Waals surface area contributed by atoms with Crippen LogP contribution in [-0.4, -0.2) is 29.0 Å². The molecular formula is C7H7BrN2O3S. The molecule has 1 aromatic rings. The molecule has 76 valence electrons. The van der Waals surface area contributed by atoms with Crippen LogP contribution in [0.1, 0.15) is 17.4 Å². The number of carboxylic acids is 1. The van der Waals surface area contributed by atoms with Crippen LogP contribution in [0.2, 0.25) is 0 Å². The second-order valence-corrected chi connectivity index (χ2v) is 4.80. The van der Waals surface area contributed by atoms with E-state index < -0.39 is 5.97 Å². The molecule has 1 N–H and O–H groups in total. The van der Waals surface area contributed by atoms with Crippen molar-refractivity contribution in [1.82, 2.24) is 4.98 Å². The zero-order valence-corrected chi connectivity index (χ0v) is 9.85. The fourth-order valence-electron chi connectivity index (χ4n) is 0.701. The molecule has 1 rings (SSSR count). The molecular weight excluding hydrogens is 272 g/mol. The van der Waals surface area contributed by atoms with Crippen molar-refractivity contribution in [2.75, 3.05) is 11.9 Å². The summed E-state index contributed by atoms with van der Waals surface area (Å²) >= 11 is 4.18. The monoisotopic (exact) mass is 278 g/mol. The summed E-state index contributed by atoms with van der Waals surface area (Å²) < 4.78 is 0.410. The molecule has 0 unspecified atom stereocenters. The van der Waals surface area contributed by atoms with Gasteiger partial charge in [0.2, 0.25) is 5.91 Å². The fourth-order valence-corrected chi connectivity index (χ4v) is 2.19. The molecule has 1 aromatic heterocycles. The molecule has 0 spiro atoms. The SMILES string of the molecule is CC(=O)N(C)c1nc(C(=O)O)c(Br)s1. The Morgan fingerprint density at radius 1 is 1.57 bits per heavy atom. The number of halogens is 1. The summed E-state index contributed by atoms with van der Waals surface area (Å²) in [5, 5.41) is 9.07. The molecule has 5 nitrogen and oxygen atoms in total. The van der Waals surface area contributed by atoms with Crippen LogP contribution in [-0.2, 0) is 4.79 Å². The molecule has 0 aliphatic rings. The summed E-state index contributed by atoms with van der Waals surface area (Å²) in [7, 11) is 1.54. The van der Waals surface area contributed by atoms with Crippen molar-refractivity contribution < 1.29 is 14.7 Å². The van der Waals surface area contributed by atoms with Crippen LogP contribution in [0.5, 0.6) is 0 Å². The van der Waals surface area contributed by atoms with E-state index in [0.717, 1.165) is 11.3 Å². The van der Waals surface area contributed by atoms with E-state index in [9.17, 15) is 9.59 Å². The molecule has 0 aromatic carbocycles. The lowest BCUT2D eigenvalue weighted by atomic mass is 10.5. The predicted octanol–water partition coefficient (Wildman–Crippen LogP) is 1.59. The van der Waals surface area contributed by atoms with Crippen molar-refractivity contribution in [3.8, 4) is 0 Å². The Morgan fingerprint density at radius 3 is 2.50 bits per heavy atom. The third kappa shape index (κ3) is 2.10. The maximum atomic E-state index is 11.0. The smallest absolute Gasteiger partial charge is 0.356 e. The first-order valence-electron chi connectivity index (χ1n) is 3.57. The lowest BCUT2D eigenvalue weighted by Crippen LogP contribution is -2.22. The Hall–Kier alpha value is -0.950. The second-order valence-electron chi connectivity index (χ2n) is 2.50. The molecule has 7 heteroatoms. The Labute approximate surface area is 92.5 Å². The van der Waals surface area contributed by atoms with Gasteiger partial charge in [-0.15, -0.1) is 0 Å². The number of amides is 1. The number of carbonyl (C=O) groups is 2. The van der Waals surface area contributed by atoms with Crippen molar-refractivity contribution in [2.24, 2.45) is 0 Å². The molecule has 0 fully saturated rings. The Kier molecular flexibility index (Phi) is 3.22. The van der Waals surface area contributed by atoms with Crippen LogP contribution in [0.4, 0.5) is 5.13 Å². The minimum atomic E-state index is -1.11. The number of hydrogen-bond donors (Lipinski definition) is 1. The molecule has 14 heavy (non-hydrogen) atoms. The maximum absolute atomic E-state index is 11.0. The zero-order chi connectivity index (χ0) is 10.9. The molecule has 1 amide bonds. The van der Waals surface area contributed by atoms with Crippen LogP contribution in [0.25, 0.3) is 0 Å². The van der Waals surface area contributed by atoms with Gasteiger partial charge in [-0.25, -0.2) is 9.78 Å². The molecule has 0 aliphatic carbocycles. The van der Waals surface area contributed by atoms with Gasteiger partial charge in [-0.2, -0.15) is 0 Å². The molecule has 0 bridgehead atoms. The Bertz CT molecular complexity index is 390. The van der Waals surface area contributed by atoms with E-state index in [0.29, 0.717) is 8.92 Å². The topological polar surface area (TPSA) is 70.5 Å². The number of carbonyl (C=O) groups excluding carboxylic acids is 1. The van der Waals surface area contributed by atoms with Gasteiger partial charge in [0.25, 0.3) is 0 Å². The molecule has 0 radical (unpaired) electrons. The van der Waals surface area contributed by atoms with E-state index in [1.807, 2.05) is 0 Å². The van der Waals surface area contributed by atoms with Crippen molar-refractivity contribution in [2.45, 2.75) is 6.92 Å². The van der Waals surface area contributed by atoms with E-state index in [-0.39, 0.29) is 11.6 Å². The highest BCUT2D eigenvalue weighted by molar-refractivity contribution is 9.11. The van der Waals surface area contributed by atoms with Crippen molar-refractivity contribution in [1.29, 1.82) is 0 Å². The van der Waals surface area contributed by atoms with Crippen LogP contribution < -0.4 is 4.90 Å². The van der Waals surface area contributed by atoms with E-state index in [1.54, 1.807) is 7.05 Å². The second kappa shape index (κ2) is 4.05. The van der Waals surface area contributed by atoms with Gasteiger partial charge in [-0.05, 0) is 15.9 Å². The maximum Gasteiger partial charge on any atom is 0.356 e. The summed E-state index contributed by atoms with van der Waals surface area (Å²) in [5.41, 5.74) is -0.0712. The lowest BCUT2D eigenvalue weighted by Gasteiger charge is -2.08. The minimum Gasteiger partial charge on any atom is -0.476 e. The lowest BCUT2D eigenvalue weighted by molar-refractivity contribution is -0.116. The third-order valence-corrected chi connectivity index (χ3v) is 3.32. The summed E-state index contributed by atoms with van der Waals surface area (Å²) in [5.74, 6) is -1.31. The predicted molar refractivity (Wildman–Crippen MR) is 55.9 cm³/mol. The highest BCUT2D eigenvalue weighted by Gasteiger charge is 2.18. The molecule has 0 saturated heterocycles. The number of rotatable bonds is 2. The van der Waals surface area contributed by atoms with Crippen LogP contribution in [0.3, 0.4) is 0 Å². The van der Waals surface area contributed by atoms with Gasteiger partial charge in [0.05, 0.1) is 0 Å². The third-order valence-electron chi connectivity index (χ3n) is 1.54. The number of anilines is 1. The summed E-state index contributed by atoms with van der Waals surface area (Å²) in [6.07, 6.45) is 0. The highest BCUT2D eigenvalue weighted by atomic mass is 79.9. The van der Waals surface area contributed by atoms with Crippen molar-refractivity contribution >= 4 is 44.3 Å². The van der Waals surface area contributed by atoms with Gasteiger partial charge in [0.15, 0.2) is 10.8 Å². The highest BCUT2D eigenvalue weighted by Crippen LogP contribution is 2.30. The number of thiazole rings is 1. The number of aromatic nitrogens is 1. The number of hydrogen-bond acceptors (Lipinski definition) is 4.